The zero-order valence-corrected chi connectivity index (χ0v) is 23.1. The normalized spacial score (nSPS) is 11.2. The Morgan fingerprint density at radius 2 is 1.59 bits per heavy atom. The number of ether oxygens (including phenoxy) is 1. The van der Waals surface area contributed by atoms with Gasteiger partial charge < -0.3 is 19.6 Å². The maximum Gasteiger partial charge on any atom is 0.339 e. The van der Waals surface area contributed by atoms with Crippen molar-refractivity contribution in [2.24, 2.45) is 0 Å². The minimum absolute atomic E-state index is 0.0114. The number of carbonyl (C=O) groups excluding carboxylic acids is 3. The Balaban J connectivity index is 1.72. The molecule has 0 fully saturated rings. The highest BCUT2D eigenvalue weighted by atomic mass is 79.9. The van der Waals surface area contributed by atoms with Crippen LogP contribution in [0.2, 0.25) is 0 Å². The van der Waals surface area contributed by atoms with Gasteiger partial charge in [-0.15, -0.1) is 0 Å². The summed E-state index contributed by atoms with van der Waals surface area (Å²) < 4.78 is 35.8. The van der Waals surface area contributed by atoms with E-state index in [0.717, 1.165) is 0 Å². The first kappa shape index (κ1) is 29.1. The van der Waals surface area contributed by atoms with Crippen molar-refractivity contribution in [3.63, 3.8) is 0 Å². The minimum Gasteiger partial charge on any atom is -0.462 e. The van der Waals surface area contributed by atoms with Crippen molar-refractivity contribution in [3.8, 4) is 11.8 Å². The van der Waals surface area contributed by atoms with E-state index in [-0.39, 0.29) is 33.2 Å². The summed E-state index contributed by atoms with van der Waals surface area (Å²) in [4.78, 5) is 35.4. The van der Waals surface area contributed by atoms with E-state index in [1.165, 1.54) is 79.7 Å². The fourth-order valence-corrected chi connectivity index (χ4v) is 4.70. The van der Waals surface area contributed by atoms with Gasteiger partial charge in [0.05, 0.1) is 16.6 Å². The molecule has 0 saturated heterocycles. The molecular formula is C27H22BrN3O7S. The number of nitrogens with zero attached hydrogens (tertiary/aromatic N) is 1. The number of benzene rings is 3. The Kier molecular flexibility index (Phi) is 9.59. The summed E-state index contributed by atoms with van der Waals surface area (Å²) in [6.45, 7) is 3.27. The van der Waals surface area contributed by atoms with E-state index in [2.05, 4.69) is 26.6 Å². The number of rotatable bonds is 9. The van der Waals surface area contributed by atoms with Crippen molar-refractivity contribution in [1.29, 1.82) is 5.26 Å². The monoisotopic (exact) mass is 611 g/mol. The van der Waals surface area contributed by atoms with Gasteiger partial charge in [-0.25, -0.2) is 4.79 Å². The fraction of sp³-hybridized carbons (Fsp3) is 0.111. The molecule has 0 spiro atoms. The number of nitrogens with one attached hydrogen (secondary N) is 2. The van der Waals surface area contributed by atoms with Gasteiger partial charge in [0, 0.05) is 18.3 Å². The first-order chi connectivity index (χ1) is 18.5. The van der Waals surface area contributed by atoms with Crippen molar-refractivity contribution in [2.75, 3.05) is 17.2 Å². The predicted octanol–water partition coefficient (Wildman–Crippen LogP) is 4.90. The average Bonchev–Trinajstić information content (AvgIpc) is 2.89. The summed E-state index contributed by atoms with van der Waals surface area (Å²) in [6.07, 6.45) is 1.33. The first-order valence-corrected chi connectivity index (χ1v) is 13.5. The quantitative estimate of drug-likeness (QED) is 0.150. The largest absolute Gasteiger partial charge is 0.462 e. The molecule has 0 aliphatic rings. The molecule has 0 atom stereocenters. The molecule has 10 nitrogen and oxygen atoms in total. The molecule has 200 valence electrons. The third kappa shape index (κ3) is 8.00. The SMILES string of the molecule is CCOC(=O)c1ccc(NC(=O)/C(C#N)=C/c2ccc(OS(=O)(=O)c3ccc(NC(C)=O)cc3)c(Br)c2)cc1. The zero-order valence-electron chi connectivity index (χ0n) is 20.7. The van der Waals surface area contributed by atoms with Crippen LogP contribution >= 0.6 is 15.9 Å². The molecule has 0 bridgehead atoms. The van der Waals surface area contributed by atoms with Crippen molar-refractivity contribution in [3.05, 3.63) is 87.9 Å². The van der Waals surface area contributed by atoms with Crippen LogP contribution in [-0.4, -0.2) is 32.8 Å². The van der Waals surface area contributed by atoms with Crippen LogP contribution in [0.15, 0.2) is 81.7 Å². The van der Waals surface area contributed by atoms with E-state index in [0.29, 0.717) is 22.5 Å². The van der Waals surface area contributed by atoms with Crippen LogP contribution in [0.1, 0.15) is 29.8 Å². The summed E-state index contributed by atoms with van der Waals surface area (Å²) in [6, 6.07) is 17.6. The molecule has 0 heterocycles. The Morgan fingerprint density at radius 1 is 0.974 bits per heavy atom. The second-order valence-electron chi connectivity index (χ2n) is 7.85. The number of nitriles is 1. The molecule has 3 aromatic carbocycles. The molecule has 0 aliphatic heterocycles. The Bertz CT molecular complexity index is 1580. The fourth-order valence-electron chi connectivity index (χ4n) is 3.17. The van der Waals surface area contributed by atoms with Crippen LogP contribution < -0.4 is 14.8 Å². The Labute approximate surface area is 233 Å². The molecule has 0 saturated carbocycles. The highest BCUT2D eigenvalue weighted by Gasteiger charge is 2.19. The van der Waals surface area contributed by atoms with Crippen molar-refractivity contribution < 1.29 is 31.7 Å². The molecule has 0 unspecified atom stereocenters. The molecule has 2 amide bonds. The van der Waals surface area contributed by atoms with E-state index in [1.807, 2.05) is 6.07 Å². The maximum atomic E-state index is 12.7. The summed E-state index contributed by atoms with van der Waals surface area (Å²) in [5.41, 5.74) is 1.34. The standard InChI is InChI=1S/C27H22BrN3O7S/c1-3-37-27(34)19-5-7-22(8-6-19)31-26(33)20(16-29)14-18-4-13-25(24(28)15-18)38-39(35,36)23-11-9-21(10-12-23)30-17(2)32/h4-15H,3H2,1-2H3,(H,30,32)(H,31,33)/b20-14+. The van der Waals surface area contributed by atoms with Crippen LogP contribution in [0.3, 0.4) is 0 Å². The van der Waals surface area contributed by atoms with E-state index >= 15 is 0 Å². The smallest absolute Gasteiger partial charge is 0.339 e. The lowest BCUT2D eigenvalue weighted by Crippen LogP contribution is -2.13. The summed E-state index contributed by atoms with van der Waals surface area (Å²) in [7, 11) is -4.19. The Morgan fingerprint density at radius 3 is 2.15 bits per heavy atom. The van der Waals surface area contributed by atoms with Crippen molar-refractivity contribution >= 4 is 61.3 Å². The highest BCUT2D eigenvalue weighted by Crippen LogP contribution is 2.30. The van der Waals surface area contributed by atoms with Gasteiger partial charge in [-0.1, -0.05) is 6.07 Å². The third-order valence-electron chi connectivity index (χ3n) is 4.95. The summed E-state index contributed by atoms with van der Waals surface area (Å²) in [5, 5.41) is 14.6. The van der Waals surface area contributed by atoms with E-state index in [4.69, 9.17) is 8.92 Å². The number of halogens is 1. The van der Waals surface area contributed by atoms with Crippen LogP contribution in [0.4, 0.5) is 11.4 Å². The van der Waals surface area contributed by atoms with Crippen molar-refractivity contribution in [1.82, 2.24) is 0 Å². The molecular weight excluding hydrogens is 590 g/mol. The number of hydrogen-bond acceptors (Lipinski definition) is 8. The van der Waals surface area contributed by atoms with Gasteiger partial charge in [-0.2, -0.15) is 13.7 Å². The molecule has 2 N–H and O–H groups in total. The molecule has 0 radical (unpaired) electrons. The molecule has 3 aromatic rings. The second kappa shape index (κ2) is 12.9. The molecule has 12 heteroatoms. The third-order valence-corrected chi connectivity index (χ3v) is 6.82. The number of amides is 2. The lowest BCUT2D eigenvalue weighted by Gasteiger charge is -2.10. The van der Waals surface area contributed by atoms with Gasteiger partial charge in [-0.3, -0.25) is 9.59 Å². The van der Waals surface area contributed by atoms with Gasteiger partial charge >= 0.3 is 16.1 Å². The summed E-state index contributed by atoms with van der Waals surface area (Å²) in [5.74, 6) is -1.47. The molecule has 0 aromatic heterocycles. The maximum absolute atomic E-state index is 12.7. The van der Waals surface area contributed by atoms with Crippen LogP contribution in [0.5, 0.6) is 5.75 Å². The predicted molar refractivity (Wildman–Crippen MR) is 147 cm³/mol. The minimum atomic E-state index is -4.19. The number of carbonyl (C=O) groups is 3. The number of esters is 1. The van der Waals surface area contributed by atoms with E-state index in [1.54, 1.807) is 6.92 Å². The lowest BCUT2D eigenvalue weighted by atomic mass is 10.1. The van der Waals surface area contributed by atoms with Crippen LogP contribution in [0.25, 0.3) is 6.08 Å². The zero-order chi connectivity index (χ0) is 28.6. The topological polar surface area (TPSA) is 152 Å². The van der Waals surface area contributed by atoms with Crippen LogP contribution in [0, 0.1) is 11.3 Å². The number of anilines is 2. The highest BCUT2D eigenvalue weighted by molar-refractivity contribution is 9.10. The van der Waals surface area contributed by atoms with Gasteiger partial charge in [0.1, 0.15) is 16.5 Å². The summed E-state index contributed by atoms with van der Waals surface area (Å²) >= 11 is 3.26. The lowest BCUT2D eigenvalue weighted by molar-refractivity contribution is -0.114. The Hall–Kier alpha value is -4.47. The van der Waals surface area contributed by atoms with E-state index < -0.39 is 22.0 Å². The van der Waals surface area contributed by atoms with Gasteiger partial charge in [0.25, 0.3) is 5.91 Å². The number of hydrogen-bond donors (Lipinski definition) is 2. The van der Waals surface area contributed by atoms with Crippen LogP contribution in [-0.2, 0) is 24.4 Å². The van der Waals surface area contributed by atoms with Gasteiger partial charge in [0.2, 0.25) is 5.91 Å². The van der Waals surface area contributed by atoms with E-state index in [9.17, 15) is 28.1 Å². The molecule has 3 rings (SSSR count). The molecule has 39 heavy (non-hydrogen) atoms. The molecule has 0 aliphatic carbocycles. The average molecular weight is 612 g/mol. The van der Waals surface area contributed by atoms with Gasteiger partial charge in [0.15, 0.2) is 5.75 Å². The van der Waals surface area contributed by atoms with Gasteiger partial charge in [-0.05, 0) is 95.2 Å². The van der Waals surface area contributed by atoms with Crippen molar-refractivity contribution in [2.45, 2.75) is 18.7 Å². The first-order valence-electron chi connectivity index (χ1n) is 11.3. The second-order valence-corrected chi connectivity index (χ2v) is 10.3.